The zero-order valence-corrected chi connectivity index (χ0v) is 11.5. The molecular weight excluding hydrogens is 250 g/mol. The molecule has 1 saturated carbocycles. The first kappa shape index (κ1) is 13.3. The molecule has 100 valence electrons. The summed E-state index contributed by atoms with van der Waals surface area (Å²) in [7, 11) is -3.47. The molecule has 0 amide bonds. The fourth-order valence-corrected chi connectivity index (χ4v) is 3.60. The highest BCUT2D eigenvalue weighted by atomic mass is 32.2. The minimum Gasteiger partial charge on any atom is -0.384 e. The van der Waals surface area contributed by atoms with Crippen LogP contribution in [0, 0.1) is 5.92 Å². The molecule has 0 bridgehead atoms. The third-order valence-electron chi connectivity index (χ3n) is 3.14. The number of pyridine rings is 1. The third kappa shape index (κ3) is 2.81. The minimum atomic E-state index is -3.47. The van der Waals surface area contributed by atoms with E-state index in [1.807, 2.05) is 6.92 Å². The van der Waals surface area contributed by atoms with Gasteiger partial charge < -0.3 is 5.32 Å². The number of nitrogens with zero attached hydrogens (tertiary/aromatic N) is 1. The van der Waals surface area contributed by atoms with Gasteiger partial charge in [0.15, 0.2) is 0 Å². The van der Waals surface area contributed by atoms with Crippen LogP contribution in [0.4, 0.5) is 5.69 Å². The van der Waals surface area contributed by atoms with Gasteiger partial charge in [-0.2, -0.15) is 0 Å². The summed E-state index contributed by atoms with van der Waals surface area (Å²) in [6.07, 6.45) is 4.80. The largest absolute Gasteiger partial charge is 0.384 e. The van der Waals surface area contributed by atoms with Crippen molar-refractivity contribution in [2.75, 3.05) is 11.9 Å². The Morgan fingerprint density at radius 1 is 1.44 bits per heavy atom. The first-order chi connectivity index (χ1) is 8.53. The van der Waals surface area contributed by atoms with E-state index in [4.69, 9.17) is 0 Å². The van der Waals surface area contributed by atoms with Gasteiger partial charge in [0.2, 0.25) is 10.0 Å². The second-order valence-corrected chi connectivity index (χ2v) is 6.48. The molecule has 2 N–H and O–H groups in total. The van der Waals surface area contributed by atoms with Crippen molar-refractivity contribution in [3.05, 3.63) is 18.5 Å². The maximum atomic E-state index is 12.2. The van der Waals surface area contributed by atoms with Crippen LogP contribution in [0.15, 0.2) is 23.4 Å². The summed E-state index contributed by atoms with van der Waals surface area (Å²) in [6, 6.07) is 1.75. The number of sulfonamides is 1. The summed E-state index contributed by atoms with van der Waals surface area (Å²) in [5, 5.41) is 3.04. The van der Waals surface area contributed by atoms with E-state index in [-0.39, 0.29) is 10.9 Å². The molecule has 1 fully saturated rings. The van der Waals surface area contributed by atoms with Crippen LogP contribution in [0.5, 0.6) is 0 Å². The van der Waals surface area contributed by atoms with Crippen molar-refractivity contribution in [2.24, 2.45) is 5.92 Å². The van der Waals surface area contributed by atoms with Gasteiger partial charge in [0.1, 0.15) is 4.90 Å². The molecule has 0 aromatic carbocycles. The second-order valence-electron chi connectivity index (χ2n) is 4.80. The van der Waals surface area contributed by atoms with E-state index in [1.165, 1.54) is 6.20 Å². The van der Waals surface area contributed by atoms with E-state index >= 15 is 0 Å². The summed E-state index contributed by atoms with van der Waals surface area (Å²) in [6.45, 7) is 4.73. The molecule has 2 rings (SSSR count). The van der Waals surface area contributed by atoms with Crippen molar-refractivity contribution in [1.82, 2.24) is 9.71 Å². The molecule has 0 radical (unpaired) electrons. The van der Waals surface area contributed by atoms with Gasteiger partial charge in [-0.15, -0.1) is 0 Å². The molecule has 1 aromatic heterocycles. The summed E-state index contributed by atoms with van der Waals surface area (Å²) in [5.41, 5.74) is 0.604. The lowest BCUT2D eigenvalue weighted by Gasteiger charge is -2.33. The Kier molecular flexibility index (Phi) is 3.87. The van der Waals surface area contributed by atoms with Gasteiger partial charge in [0, 0.05) is 25.0 Å². The highest BCUT2D eigenvalue weighted by Crippen LogP contribution is 2.28. The van der Waals surface area contributed by atoms with Crippen molar-refractivity contribution in [1.29, 1.82) is 0 Å². The van der Waals surface area contributed by atoms with E-state index in [0.717, 1.165) is 12.8 Å². The lowest BCUT2D eigenvalue weighted by molar-refractivity contribution is 0.270. The number of anilines is 1. The number of nitrogens with one attached hydrogen (secondary N) is 2. The molecule has 1 heterocycles. The summed E-state index contributed by atoms with van der Waals surface area (Å²) < 4.78 is 27.2. The van der Waals surface area contributed by atoms with Gasteiger partial charge in [-0.25, -0.2) is 13.1 Å². The third-order valence-corrected chi connectivity index (χ3v) is 4.68. The molecule has 1 aliphatic rings. The molecule has 0 spiro atoms. The van der Waals surface area contributed by atoms with Gasteiger partial charge >= 0.3 is 0 Å². The standard InChI is InChI=1S/C12H19N3O2S/c1-3-14-11-4-5-13-8-12(11)18(16,17)15-10-6-9(2)7-10/h4-5,8-10,15H,3,6-7H2,1-2H3,(H,13,14). The Morgan fingerprint density at radius 2 is 2.17 bits per heavy atom. The molecule has 0 aliphatic heterocycles. The molecule has 1 aliphatic carbocycles. The quantitative estimate of drug-likeness (QED) is 0.851. The lowest BCUT2D eigenvalue weighted by atomic mass is 9.83. The van der Waals surface area contributed by atoms with Crippen molar-refractivity contribution in [3.63, 3.8) is 0 Å². The average Bonchev–Trinajstić information content (AvgIpc) is 2.28. The predicted octanol–water partition coefficient (Wildman–Crippen LogP) is 1.59. The zero-order chi connectivity index (χ0) is 13.2. The van der Waals surface area contributed by atoms with Crippen molar-refractivity contribution in [3.8, 4) is 0 Å². The van der Waals surface area contributed by atoms with Crippen molar-refractivity contribution < 1.29 is 8.42 Å². The van der Waals surface area contributed by atoms with E-state index in [2.05, 4.69) is 21.9 Å². The summed E-state index contributed by atoms with van der Waals surface area (Å²) in [5.74, 6) is 0.611. The van der Waals surface area contributed by atoms with Crippen LogP contribution in [-0.2, 0) is 10.0 Å². The fourth-order valence-electron chi connectivity index (χ4n) is 2.21. The highest BCUT2D eigenvalue weighted by Gasteiger charge is 2.30. The van der Waals surface area contributed by atoms with Crippen LogP contribution >= 0.6 is 0 Å². The van der Waals surface area contributed by atoms with Crippen molar-refractivity contribution in [2.45, 2.75) is 37.6 Å². The number of rotatable bonds is 5. The molecule has 0 unspecified atom stereocenters. The van der Waals surface area contributed by atoms with E-state index in [0.29, 0.717) is 18.2 Å². The molecule has 1 aromatic rings. The Hall–Kier alpha value is -1.14. The Morgan fingerprint density at radius 3 is 2.78 bits per heavy atom. The van der Waals surface area contributed by atoms with Gasteiger partial charge in [-0.3, -0.25) is 4.98 Å². The Balaban J connectivity index is 2.18. The van der Waals surface area contributed by atoms with Gasteiger partial charge in [-0.1, -0.05) is 6.92 Å². The number of aromatic nitrogens is 1. The van der Waals surface area contributed by atoms with Crippen LogP contribution in [0.25, 0.3) is 0 Å². The Labute approximate surface area is 108 Å². The predicted molar refractivity (Wildman–Crippen MR) is 70.9 cm³/mol. The minimum absolute atomic E-state index is 0.0692. The van der Waals surface area contributed by atoms with Gasteiger partial charge in [0.05, 0.1) is 5.69 Å². The average molecular weight is 269 g/mol. The van der Waals surface area contributed by atoms with Crippen LogP contribution in [-0.4, -0.2) is 26.0 Å². The zero-order valence-electron chi connectivity index (χ0n) is 10.7. The van der Waals surface area contributed by atoms with E-state index in [1.54, 1.807) is 12.3 Å². The fraction of sp³-hybridized carbons (Fsp3) is 0.583. The highest BCUT2D eigenvalue weighted by molar-refractivity contribution is 7.89. The lowest BCUT2D eigenvalue weighted by Crippen LogP contribution is -2.43. The maximum absolute atomic E-state index is 12.2. The van der Waals surface area contributed by atoms with Crippen LogP contribution in [0.3, 0.4) is 0 Å². The van der Waals surface area contributed by atoms with E-state index < -0.39 is 10.0 Å². The maximum Gasteiger partial charge on any atom is 0.244 e. The first-order valence-electron chi connectivity index (χ1n) is 6.23. The van der Waals surface area contributed by atoms with E-state index in [9.17, 15) is 8.42 Å². The van der Waals surface area contributed by atoms with Gasteiger partial charge in [0.25, 0.3) is 0 Å². The molecule has 5 nitrogen and oxygen atoms in total. The first-order valence-corrected chi connectivity index (χ1v) is 7.71. The SMILES string of the molecule is CCNc1ccncc1S(=O)(=O)NC1CC(C)C1. The summed E-state index contributed by atoms with van der Waals surface area (Å²) in [4.78, 5) is 4.13. The van der Waals surface area contributed by atoms with Crippen LogP contribution in [0.2, 0.25) is 0 Å². The van der Waals surface area contributed by atoms with Crippen molar-refractivity contribution >= 4 is 15.7 Å². The number of hydrogen-bond acceptors (Lipinski definition) is 4. The molecule has 0 atom stereocenters. The molecule has 0 saturated heterocycles. The Bertz CT molecular complexity index is 510. The second kappa shape index (κ2) is 5.24. The van der Waals surface area contributed by atoms with Crippen LogP contribution < -0.4 is 10.0 Å². The molecule has 6 heteroatoms. The number of hydrogen-bond donors (Lipinski definition) is 2. The molecular formula is C12H19N3O2S. The monoisotopic (exact) mass is 269 g/mol. The smallest absolute Gasteiger partial charge is 0.244 e. The summed E-state index contributed by atoms with van der Waals surface area (Å²) >= 11 is 0. The topological polar surface area (TPSA) is 71.1 Å². The normalized spacial score (nSPS) is 23.4. The van der Waals surface area contributed by atoms with Crippen LogP contribution in [0.1, 0.15) is 26.7 Å². The van der Waals surface area contributed by atoms with Gasteiger partial charge in [-0.05, 0) is 31.7 Å². The molecule has 18 heavy (non-hydrogen) atoms.